The largest absolute Gasteiger partial charge is 1.00 e. The van der Waals surface area contributed by atoms with Gasteiger partial charge in [0.1, 0.15) is 5.82 Å². The van der Waals surface area contributed by atoms with Crippen LogP contribution in [0.3, 0.4) is 0 Å². The van der Waals surface area contributed by atoms with E-state index in [1.54, 1.807) is 45.9 Å². The zero-order valence-corrected chi connectivity index (χ0v) is 55.9. The molecule has 0 atom stereocenters. The Morgan fingerprint density at radius 1 is 0.531 bits per heavy atom. The van der Waals surface area contributed by atoms with Gasteiger partial charge >= 0.3 is 103 Å². The maximum atomic E-state index is 12.4. The van der Waals surface area contributed by atoms with Crippen LogP contribution < -0.4 is 144 Å². The Kier molecular flexibility index (Phi) is 43.0. The maximum Gasteiger partial charge on any atom is 1.00 e. The normalized spacial score (nSPS) is 14.7. The van der Waals surface area contributed by atoms with E-state index in [-0.39, 0.29) is 174 Å². The summed E-state index contributed by atoms with van der Waals surface area (Å²) in [4.78, 5) is 74.7. The number of amides is 2. The molecule has 0 unspecified atom stereocenters. The van der Waals surface area contributed by atoms with E-state index in [2.05, 4.69) is 54.6 Å². The fourth-order valence-corrected chi connectivity index (χ4v) is 8.62. The Labute approximate surface area is 573 Å². The number of nitro benzene ring substituents is 3. The van der Waals surface area contributed by atoms with Gasteiger partial charge in [0.05, 0.1) is 14.8 Å². The van der Waals surface area contributed by atoms with Gasteiger partial charge in [-0.2, -0.15) is 0 Å². The Morgan fingerprint density at radius 3 is 1.27 bits per heavy atom. The van der Waals surface area contributed by atoms with Gasteiger partial charge in [-0.25, -0.2) is 4.39 Å². The smallest absolute Gasteiger partial charge is 1.00 e. The quantitative estimate of drug-likeness (QED) is 0.0484. The third-order valence-corrected chi connectivity index (χ3v) is 12.9. The average Bonchev–Trinajstić information content (AvgIpc) is 4.04. The summed E-state index contributed by atoms with van der Waals surface area (Å²) in [6.07, 6.45) is 4.31. The molecule has 4 aromatic carbocycles. The van der Waals surface area contributed by atoms with Crippen molar-refractivity contribution < 1.29 is 148 Å². The van der Waals surface area contributed by atoms with E-state index in [9.17, 15) is 44.3 Å². The van der Waals surface area contributed by atoms with Crippen LogP contribution in [0.25, 0.3) is 0 Å². The molecule has 81 heavy (non-hydrogen) atoms. The van der Waals surface area contributed by atoms with Crippen LogP contribution in [0.1, 0.15) is 63.2 Å². The SMILES string of the molecule is CC(=O)N1CCCN(c2ccc([N+](=O)[O-])c(C)c2)CC1.CC(=O)N1CCCNCC1.Cc1cc(F)ccc1[N+](=O)[O-].Cc1cc(N2CCCNCC2)ccc1N.Cc1cc(N2CCCNCC2)ccc1[N+](=O)[O-].Cl.Cl.O=CO[O-].[H-].[K+].[K+]. The third-order valence-electron chi connectivity index (χ3n) is 12.9. The number of aryl methyl sites for hydroxylation is 4. The number of halogens is 3. The summed E-state index contributed by atoms with van der Waals surface area (Å²) < 4.78 is 12.4. The molecule has 8 rings (SSSR count). The van der Waals surface area contributed by atoms with Crippen molar-refractivity contribution in [3.05, 3.63) is 131 Å². The van der Waals surface area contributed by atoms with Gasteiger partial charge in [-0.05, 0) is 133 Å². The number of nitrogens with zero attached hydrogens (tertiary/aromatic N) is 8. The Bertz CT molecular complexity index is 2550. The molecule has 440 valence electrons. The number of hydrogen-bond acceptors (Lipinski definition) is 18. The van der Waals surface area contributed by atoms with Gasteiger partial charge in [-0.1, -0.05) is 0 Å². The molecule has 2 amide bonds. The molecule has 0 bridgehead atoms. The zero-order valence-electron chi connectivity index (χ0n) is 49.0. The Morgan fingerprint density at radius 2 is 0.877 bits per heavy atom. The summed E-state index contributed by atoms with van der Waals surface area (Å²) in [6.45, 7) is 25.4. The van der Waals surface area contributed by atoms with E-state index >= 15 is 0 Å². The molecule has 0 saturated carbocycles. The molecule has 0 aliphatic carbocycles. The Balaban J connectivity index is -0.000000938. The number of carbonyl (C=O) groups is 3. The number of hydrogen-bond donors (Lipinski definition) is 4. The van der Waals surface area contributed by atoms with Crippen LogP contribution in [-0.2, 0) is 19.3 Å². The van der Waals surface area contributed by atoms with Crippen LogP contribution in [0.5, 0.6) is 0 Å². The first-order valence-electron chi connectivity index (χ1n) is 25.6. The predicted molar refractivity (Wildman–Crippen MR) is 310 cm³/mol. The number of nitro groups is 3. The van der Waals surface area contributed by atoms with Crippen molar-refractivity contribution in [3.8, 4) is 0 Å². The summed E-state index contributed by atoms with van der Waals surface area (Å²) in [6, 6.07) is 20.2. The molecular weight excluding hydrogens is 1150 g/mol. The van der Waals surface area contributed by atoms with E-state index in [1.807, 2.05) is 34.1 Å². The number of nitrogens with one attached hydrogen (secondary N) is 3. The third kappa shape index (κ3) is 29.6. The second-order valence-electron chi connectivity index (χ2n) is 18.5. The van der Waals surface area contributed by atoms with Gasteiger partial charge in [-0.15, -0.1) is 24.8 Å². The molecule has 0 radical (unpaired) electrons. The molecule has 0 aromatic heterocycles. The van der Waals surface area contributed by atoms with Crippen LogP contribution in [-0.4, -0.2) is 148 Å². The molecule has 23 nitrogen and oxygen atoms in total. The predicted octanol–water partition coefficient (Wildman–Crippen LogP) is 0.311. The number of nitrogens with two attached hydrogens (primary N) is 1. The first-order chi connectivity index (χ1) is 36.8. The first-order valence-corrected chi connectivity index (χ1v) is 25.6. The molecule has 4 saturated heterocycles. The molecular formula is C53H79Cl2FK2N12O11. The van der Waals surface area contributed by atoms with Crippen molar-refractivity contribution >= 4 is 82.9 Å². The topological polar surface area (TPSA) is 291 Å². The molecule has 4 aromatic rings. The van der Waals surface area contributed by atoms with Crippen LogP contribution in [0.4, 0.5) is 44.2 Å². The minimum atomic E-state index is -0.533. The Hall–Kier alpha value is -3.69. The second-order valence-corrected chi connectivity index (χ2v) is 18.5. The van der Waals surface area contributed by atoms with Gasteiger partial charge in [-0.3, -0.25) is 44.7 Å². The van der Waals surface area contributed by atoms with Crippen molar-refractivity contribution in [3.63, 3.8) is 0 Å². The van der Waals surface area contributed by atoms with Gasteiger partial charge < -0.3 is 57.8 Å². The monoisotopic (exact) mass is 1230 g/mol. The molecule has 4 aliphatic heterocycles. The van der Waals surface area contributed by atoms with Gasteiger partial charge in [0.25, 0.3) is 23.5 Å². The number of anilines is 4. The molecule has 28 heteroatoms. The molecule has 5 N–H and O–H groups in total. The number of benzene rings is 4. The van der Waals surface area contributed by atoms with Crippen LogP contribution in [0.15, 0.2) is 72.8 Å². The fourth-order valence-electron chi connectivity index (χ4n) is 8.62. The van der Waals surface area contributed by atoms with E-state index in [0.717, 1.165) is 158 Å². The second kappa shape index (κ2) is 43.9. The first kappa shape index (κ1) is 79.4. The van der Waals surface area contributed by atoms with Crippen molar-refractivity contribution in [2.45, 2.75) is 67.2 Å². The average molecular weight is 1230 g/mol. The van der Waals surface area contributed by atoms with E-state index in [0.29, 0.717) is 17.7 Å². The van der Waals surface area contributed by atoms with Crippen LogP contribution >= 0.6 is 24.8 Å². The summed E-state index contributed by atoms with van der Waals surface area (Å²) in [5, 5.41) is 50.2. The van der Waals surface area contributed by atoms with Crippen molar-refractivity contribution in [1.29, 1.82) is 0 Å². The fraction of sp³-hybridized carbons (Fsp3) is 0.491. The van der Waals surface area contributed by atoms with E-state index in [4.69, 9.17) is 15.8 Å². The summed E-state index contributed by atoms with van der Waals surface area (Å²) >= 11 is 0. The number of rotatable bonds is 7. The molecule has 0 spiro atoms. The minimum absolute atomic E-state index is 0. The van der Waals surface area contributed by atoms with Crippen molar-refractivity contribution in [2.24, 2.45) is 0 Å². The van der Waals surface area contributed by atoms with Gasteiger partial charge in [0, 0.05) is 157 Å². The summed E-state index contributed by atoms with van der Waals surface area (Å²) in [5.74, 6) is -0.150. The van der Waals surface area contributed by atoms with E-state index in [1.165, 1.54) is 24.6 Å². The number of nitrogen functional groups attached to an aromatic ring is 1. The van der Waals surface area contributed by atoms with Gasteiger partial charge in [0.2, 0.25) is 11.8 Å². The van der Waals surface area contributed by atoms with Crippen LogP contribution in [0, 0.1) is 63.9 Å². The van der Waals surface area contributed by atoms with Crippen LogP contribution in [0.2, 0.25) is 0 Å². The molecule has 4 aliphatic rings. The summed E-state index contributed by atoms with van der Waals surface area (Å²) in [5.41, 5.74) is 13.3. The van der Waals surface area contributed by atoms with Crippen molar-refractivity contribution in [1.82, 2.24) is 25.8 Å². The van der Waals surface area contributed by atoms with Crippen molar-refractivity contribution in [2.75, 3.05) is 125 Å². The standard InChI is InChI=1S/C14H19N3O3.C12H17N3O2.C12H19N3.C7H6FNO2.C7H14N2O.CH2O3.2ClH.2K.H/c1-11-10-13(4-5-14(11)17(19)20)16-7-3-6-15(8-9-16)12(2)18;1-10-9-11(3-4-12(10)15(16)17)14-7-2-5-13-6-8-14;1-10-9-11(3-4-12(10)13)15-7-2-5-14-6-8-15;1-5-4-6(8)2-3-7(5)9(10)11;1-7(10)9-5-2-3-8-4-6-9;2-1-4-3;;;;;/h4-5,10H,3,6-9H2,1-2H3;3-4,9,13H,2,5-8H2,1H3;3-4,9,14H,2,5-8,13H2,1H3;2-4H,1H3;8H,2-6H2,1H3;1,3H;2*1H;;;/q;;;;;;;;2*+1;-1/p-1. The minimum Gasteiger partial charge on any atom is -1.00 e. The van der Waals surface area contributed by atoms with E-state index < -0.39 is 10.7 Å². The molecule has 4 fully saturated rings. The maximum absolute atomic E-state index is 12.4. The molecule has 4 heterocycles. The number of carbonyl (C=O) groups excluding carboxylic acids is 3. The summed E-state index contributed by atoms with van der Waals surface area (Å²) in [7, 11) is 0. The zero-order chi connectivity index (χ0) is 56.9. The van der Waals surface area contributed by atoms with Gasteiger partial charge in [0.15, 0.2) is 0 Å².